The highest BCUT2D eigenvalue weighted by Gasteiger charge is 2.60. The van der Waals surface area contributed by atoms with Crippen molar-refractivity contribution in [3.8, 4) is 5.75 Å². The number of benzene rings is 2. The number of phenolic OH excluding ortho intramolecular Hbond substituents is 1. The number of rotatable bonds is 4. The Morgan fingerprint density at radius 2 is 1.89 bits per heavy atom. The molecular weight excluding hydrogens is 508 g/mol. The number of aromatic amines is 1. The molecule has 0 spiro atoms. The van der Waals surface area contributed by atoms with E-state index >= 15 is 0 Å². The Labute approximate surface area is 212 Å². The number of carbonyl (C=O) groups excluding carboxylic acids is 2. The van der Waals surface area contributed by atoms with E-state index in [1.807, 2.05) is 25.1 Å². The van der Waals surface area contributed by atoms with Gasteiger partial charge in [-0.1, -0.05) is 34.5 Å². The van der Waals surface area contributed by atoms with Crippen molar-refractivity contribution < 1.29 is 14.7 Å². The lowest BCUT2D eigenvalue weighted by atomic mass is 9.81. The molecule has 0 saturated carbocycles. The highest BCUT2D eigenvalue weighted by molar-refractivity contribution is 9.10. The third kappa shape index (κ3) is 3.57. The van der Waals surface area contributed by atoms with Gasteiger partial charge in [-0.3, -0.25) is 14.6 Å². The molecule has 0 aliphatic carbocycles. The largest absolute Gasteiger partial charge is 0.508 e. The van der Waals surface area contributed by atoms with E-state index in [2.05, 4.69) is 31.9 Å². The van der Waals surface area contributed by atoms with Crippen molar-refractivity contribution in [2.24, 2.45) is 0 Å². The first-order valence-corrected chi connectivity index (χ1v) is 13.1. The zero-order valence-corrected chi connectivity index (χ0v) is 21.3. The maximum absolute atomic E-state index is 13.9. The summed E-state index contributed by atoms with van der Waals surface area (Å²) in [6.45, 7) is 5.04. The van der Waals surface area contributed by atoms with Crippen molar-refractivity contribution >= 4 is 38.8 Å². The van der Waals surface area contributed by atoms with Gasteiger partial charge < -0.3 is 15.0 Å². The maximum Gasteiger partial charge on any atom is 0.328 e. The number of likely N-dealkylation sites (tertiary alicyclic amines) is 1. The van der Waals surface area contributed by atoms with E-state index < -0.39 is 11.6 Å². The normalized spacial score (nSPS) is 24.8. The Bertz CT molecular complexity index is 1330. The van der Waals surface area contributed by atoms with Crippen LogP contribution in [0.3, 0.4) is 0 Å². The minimum atomic E-state index is -1.00. The number of aromatic hydroxyl groups is 1. The number of hydrogen-bond acceptors (Lipinski definition) is 4. The summed E-state index contributed by atoms with van der Waals surface area (Å²) in [5.41, 5.74) is 2.70. The molecule has 2 aromatic carbocycles. The smallest absolute Gasteiger partial charge is 0.328 e. The highest BCUT2D eigenvalue weighted by atomic mass is 79.9. The number of imide groups is 1. The van der Waals surface area contributed by atoms with Crippen LogP contribution in [-0.2, 0) is 11.2 Å². The lowest BCUT2D eigenvalue weighted by molar-refractivity contribution is -0.133. The summed E-state index contributed by atoms with van der Waals surface area (Å²) < 4.78 is 0.963. The molecule has 2 N–H and O–H groups in total. The molecule has 3 aromatic rings. The summed E-state index contributed by atoms with van der Waals surface area (Å²) >= 11 is 3.58. The SMILES string of the molecule is C[C@@]12Cc3c([nH]c4ccc(Br)cc34)[C@@H](c3cccc(O)c3)N1C(=O)N(CCN1CCCCC1)C2=O. The van der Waals surface area contributed by atoms with Crippen LogP contribution in [0, 0.1) is 0 Å². The second-order valence-corrected chi connectivity index (χ2v) is 11.1. The van der Waals surface area contributed by atoms with E-state index in [9.17, 15) is 14.7 Å². The molecular formula is C27H29BrN4O3. The minimum Gasteiger partial charge on any atom is -0.508 e. The van der Waals surface area contributed by atoms with E-state index in [1.54, 1.807) is 23.1 Å². The van der Waals surface area contributed by atoms with Gasteiger partial charge in [0.05, 0.1) is 0 Å². The van der Waals surface area contributed by atoms with E-state index in [0.29, 0.717) is 19.5 Å². The first-order chi connectivity index (χ1) is 16.9. The summed E-state index contributed by atoms with van der Waals surface area (Å²) in [7, 11) is 0. The number of fused-ring (bicyclic) bond motifs is 4. The average Bonchev–Trinajstić information content (AvgIpc) is 3.28. The number of nitrogens with one attached hydrogen (secondary N) is 1. The Morgan fingerprint density at radius 3 is 2.66 bits per heavy atom. The first kappa shape index (κ1) is 22.6. The van der Waals surface area contributed by atoms with Crippen LogP contribution >= 0.6 is 15.9 Å². The number of nitrogens with zero attached hydrogens (tertiary/aromatic N) is 3. The third-order valence-corrected chi connectivity index (χ3v) is 8.40. The quantitative estimate of drug-likeness (QED) is 0.470. The lowest BCUT2D eigenvalue weighted by Gasteiger charge is -2.42. The maximum atomic E-state index is 13.9. The molecule has 7 nitrogen and oxygen atoms in total. The standard InChI is InChI=1S/C27H29BrN4O3/c1-27-16-21-20-15-18(28)8-9-22(20)29-23(21)24(17-6-5-7-19(33)14-17)32(27)26(35)31(25(27)34)13-12-30-10-3-2-4-11-30/h5-9,14-15,24,29,33H,2-4,10-13,16H2,1H3/t24-,27+/m1/s1. The molecule has 8 heteroatoms. The van der Waals surface area contributed by atoms with Crippen LogP contribution in [0.15, 0.2) is 46.9 Å². The third-order valence-electron chi connectivity index (χ3n) is 7.90. The van der Waals surface area contributed by atoms with Crippen molar-refractivity contribution in [3.63, 3.8) is 0 Å². The first-order valence-electron chi connectivity index (χ1n) is 12.3. The topological polar surface area (TPSA) is 79.9 Å². The number of H-pyrrole nitrogens is 1. The van der Waals surface area contributed by atoms with E-state index in [-0.39, 0.29) is 17.7 Å². The van der Waals surface area contributed by atoms with Crippen LogP contribution in [0.4, 0.5) is 4.79 Å². The monoisotopic (exact) mass is 536 g/mol. The Kier molecular flexibility index (Phi) is 5.41. The average molecular weight is 537 g/mol. The van der Waals surface area contributed by atoms with E-state index in [1.165, 1.54) is 24.2 Å². The molecule has 3 aliphatic rings. The van der Waals surface area contributed by atoms with Crippen molar-refractivity contribution in [2.45, 2.75) is 44.2 Å². The van der Waals surface area contributed by atoms with Gasteiger partial charge in [-0.15, -0.1) is 0 Å². The summed E-state index contributed by atoms with van der Waals surface area (Å²) in [6.07, 6.45) is 4.03. The molecule has 3 amide bonds. The predicted octanol–water partition coefficient (Wildman–Crippen LogP) is 4.79. The van der Waals surface area contributed by atoms with Crippen LogP contribution in [0.5, 0.6) is 5.75 Å². The van der Waals surface area contributed by atoms with Gasteiger partial charge in [-0.25, -0.2) is 4.79 Å². The number of piperidine rings is 1. The van der Waals surface area contributed by atoms with E-state index in [4.69, 9.17) is 0 Å². The minimum absolute atomic E-state index is 0.134. The van der Waals surface area contributed by atoms with Gasteiger partial charge in [0.25, 0.3) is 5.91 Å². The van der Waals surface area contributed by atoms with Crippen LogP contribution in [0.25, 0.3) is 10.9 Å². The molecule has 182 valence electrons. The summed E-state index contributed by atoms with van der Waals surface area (Å²) in [4.78, 5) is 36.9. The summed E-state index contributed by atoms with van der Waals surface area (Å²) in [5, 5.41) is 11.3. The van der Waals surface area contributed by atoms with Gasteiger partial charge in [0, 0.05) is 40.6 Å². The Morgan fingerprint density at radius 1 is 1.09 bits per heavy atom. The van der Waals surface area contributed by atoms with Crippen molar-refractivity contribution in [2.75, 3.05) is 26.2 Å². The van der Waals surface area contributed by atoms with Gasteiger partial charge in [0.1, 0.15) is 17.3 Å². The number of carbonyl (C=O) groups is 2. The van der Waals surface area contributed by atoms with Crippen molar-refractivity contribution in [1.82, 2.24) is 19.7 Å². The number of hydrogen-bond donors (Lipinski definition) is 2. The van der Waals surface area contributed by atoms with Crippen LogP contribution in [-0.4, -0.2) is 68.4 Å². The molecule has 0 bridgehead atoms. The van der Waals surface area contributed by atoms with Crippen LogP contribution in [0.1, 0.15) is 49.0 Å². The fourth-order valence-corrected chi connectivity index (χ4v) is 6.51. The van der Waals surface area contributed by atoms with Gasteiger partial charge in [0.2, 0.25) is 0 Å². The van der Waals surface area contributed by atoms with Crippen molar-refractivity contribution in [3.05, 3.63) is 63.8 Å². The van der Waals surface area contributed by atoms with Crippen LogP contribution in [0.2, 0.25) is 0 Å². The van der Waals surface area contributed by atoms with Gasteiger partial charge in [-0.2, -0.15) is 0 Å². The molecule has 1 aromatic heterocycles. The highest BCUT2D eigenvalue weighted by Crippen LogP contribution is 2.49. The fraction of sp³-hybridized carbons (Fsp3) is 0.407. The van der Waals surface area contributed by atoms with Crippen molar-refractivity contribution in [1.29, 1.82) is 0 Å². The molecule has 2 saturated heterocycles. The second kappa shape index (κ2) is 8.38. The molecule has 6 rings (SSSR count). The van der Waals surface area contributed by atoms with Gasteiger partial charge in [0.15, 0.2) is 0 Å². The molecule has 0 radical (unpaired) electrons. The number of urea groups is 1. The molecule has 0 unspecified atom stereocenters. The van der Waals surface area contributed by atoms with Crippen LogP contribution < -0.4 is 0 Å². The van der Waals surface area contributed by atoms with Gasteiger partial charge >= 0.3 is 6.03 Å². The second-order valence-electron chi connectivity index (χ2n) is 10.2. The molecule has 3 aliphatic heterocycles. The van der Waals surface area contributed by atoms with E-state index in [0.717, 1.165) is 45.3 Å². The Hall–Kier alpha value is -2.84. The number of halogens is 1. The van der Waals surface area contributed by atoms with Gasteiger partial charge in [-0.05, 0) is 74.3 Å². The molecule has 35 heavy (non-hydrogen) atoms. The summed E-state index contributed by atoms with van der Waals surface area (Å²) in [5.74, 6) is -0.00484. The fourth-order valence-electron chi connectivity index (χ4n) is 6.15. The molecule has 2 atom stereocenters. The summed E-state index contributed by atoms with van der Waals surface area (Å²) in [6, 6.07) is 12.3. The predicted molar refractivity (Wildman–Crippen MR) is 137 cm³/mol. The number of amides is 3. The number of phenols is 1. The molecule has 4 heterocycles. The Balaban J connectivity index is 1.45. The number of aromatic nitrogens is 1. The lowest BCUT2D eigenvalue weighted by Crippen LogP contribution is -2.53. The zero-order chi connectivity index (χ0) is 24.3. The zero-order valence-electron chi connectivity index (χ0n) is 19.8. The molecule has 2 fully saturated rings.